The van der Waals surface area contributed by atoms with E-state index in [0.29, 0.717) is 5.92 Å². The first-order valence-electron chi connectivity index (χ1n) is 8.56. The van der Waals surface area contributed by atoms with Gasteiger partial charge in [-0.1, -0.05) is 0 Å². The fourth-order valence-corrected chi connectivity index (χ4v) is 3.34. The van der Waals surface area contributed by atoms with Crippen molar-refractivity contribution in [2.75, 3.05) is 18.0 Å². The van der Waals surface area contributed by atoms with Gasteiger partial charge in [-0.25, -0.2) is 19.9 Å². The van der Waals surface area contributed by atoms with E-state index in [1.54, 1.807) is 18.7 Å². The molecule has 7 heteroatoms. The molecule has 0 radical (unpaired) electrons. The Kier molecular flexibility index (Phi) is 4.13. The van der Waals surface area contributed by atoms with Crippen molar-refractivity contribution in [1.82, 2.24) is 29.5 Å². The lowest BCUT2D eigenvalue weighted by atomic mass is 9.95. The van der Waals surface area contributed by atoms with Gasteiger partial charge < -0.3 is 4.90 Å². The highest BCUT2D eigenvalue weighted by molar-refractivity contribution is 5.40. The maximum atomic E-state index is 4.85. The van der Waals surface area contributed by atoms with Crippen LogP contribution in [-0.4, -0.2) is 42.6 Å². The lowest BCUT2D eigenvalue weighted by Crippen LogP contribution is -2.35. The van der Waals surface area contributed by atoms with Crippen LogP contribution >= 0.6 is 0 Å². The third kappa shape index (κ3) is 3.22. The molecule has 1 unspecified atom stereocenters. The molecule has 1 aliphatic rings. The van der Waals surface area contributed by atoms with Gasteiger partial charge in [-0.3, -0.25) is 9.55 Å². The van der Waals surface area contributed by atoms with E-state index in [1.165, 1.54) is 0 Å². The molecule has 1 fully saturated rings. The molecule has 0 spiro atoms. The van der Waals surface area contributed by atoms with Crippen molar-refractivity contribution in [3.8, 4) is 5.82 Å². The second-order valence-corrected chi connectivity index (χ2v) is 6.45. The minimum absolute atomic E-state index is 0.347. The second kappa shape index (κ2) is 6.58. The van der Waals surface area contributed by atoms with Crippen LogP contribution in [0.3, 0.4) is 0 Å². The number of aromatic nitrogens is 6. The van der Waals surface area contributed by atoms with Gasteiger partial charge in [-0.15, -0.1) is 0 Å². The molecule has 3 aromatic heterocycles. The number of hydrogen-bond donors (Lipinski definition) is 0. The molecule has 0 bridgehead atoms. The van der Waals surface area contributed by atoms with Crippen LogP contribution < -0.4 is 4.90 Å². The van der Waals surface area contributed by atoms with Gasteiger partial charge in [0.2, 0.25) is 0 Å². The van der Waals surface area contributed by atoms with E-state index in [1.807, 2.05) is 36.9 Å². The Morgan fingerprint density at radius 3 is 2.80 bits per heavy atom. The number of rotatable bonds is 3. The molecule has 4 heterocycles. The predicted octanol–water partition coefficient (Wildman–Crippen LogP) is 2.45. The smallest absolute Gasteiger partial charge is 0.156 e. The van der Waals surface area contributed by atoms with E-state index in [-0.39, 0.29) is 0 Å². The monoisotopic (exact) mass is 335 g/mol. The molecule has 7 nitrogen and oxygen atoms in total. The van der Waals surface area contributed by atoms with E-state index in [9.17, 15) is 0 Å². The molecule has 128 valence electrons. The lowest BCUT2D eigenvalue weighted by Gasteiger charge is -2.33. The van der Waals surface area contributed by atoms with Crippen LogP contribution in [0.15, 0.2) is 37.2 Å². The number of aryl methyl sites for hydroxylation is 2. The van der Waals surface area contributed by atoms with Gasteiger partial charge >= 0.3 is 0 Å². The van der Waals surface area contributed by atoms with E-state index in [2.05, 4.69) is 24.8 Å². The molecular weight excluding hydrogens is 314 g/mol. The molecule has 0 aromatic carbocycles. The van der Waals surface area contributed by atoms with Crippen molar-refractivity contribution in [2.24, 2.45) is 0 Å². The predicted molar refractivity (Wildman–Crippen MR) is 94.8 cm³/mol. The Bertz CT molecular complexity index is 873. The van der Waals surface area contributed by atoms with Crippen LogP contribution in [-0.2, 0) is 0 Å². The zero-order valence-electron chi connectivity index (χ0n) is 14.5. The van der Waals surface area contributed by atoms with Crippen LogP contribution in [0.25, 0.3) is 5.82 Å². The van der Waals surface area contributed by atoms with Crippen LogP contribution in [0.1, 0.15) is 36.0 Å². The third-order valence-corrected chi connectivity index (χ3v) is 4.67. The highest BCUT2D eigenvalue weighted by Crippen LogP contribution is 2.28. The van der Waals surface area contributed by atoms with Gasteiger partial charge in [0.15, 0.2) is 5.82 Å². The fourth-order valence-electron chi connectivity index (χ4n) is 3.34. The first-order valence-corrected chi connectivity index (χ1v) is 8.56. The summed E-state index contributed by atoms with van der Waals surface area (Å²) in [7, 11) is 0. The molecule has 0 saturated carbocycles. The maximum Gasteiger partial charge on any atom is 0.156 e. The summed E-state index contributed by atoms with van der Waals surface area (Å²) in [6.07, 6.45) is 11.2. The molecular formula is C18H21N7. The molecule has 1 aliphatic heterocycles. The van der Waals surface area contributed by atoms with Gasteiger partial charge in [0, 0.05) is 49.4 Å². The Morgan fingerprint density at radius 2 is 2.00 bits per heavy atom. The molecule has 25 heavy (non-hydrogen) atoms. The average molecular weight is 335 g/mol. The van der Waals surface area contributed by atoms with Crippen LogP contribution in [0.5, 0.6) is 0 Å². The topological polar surface area (TPSA) is 72.6 Å². The minimum Gasteiger partial charge on any atom is -0.356 e. The normalized spacial score (nSPS) is 17.7. The number of nitrogens with zero attached hydrogens (tertiary/aromatic N) is 7. The maximum absolute atomic E-state index is 4.85. The quantitative estimate of drug-likeness (QED) is 0.732. The van der Waals surface area contributed by atoms with Crippen molar-refractivity contribution in [3.63, 3.8) is 0 Å². The molecule has 0 aliphatic carbocycles. The first-order chi connectivity index (χ1) is 12.2. The zero-order chi connectivity index (χ0) is 17.2. The highest BCUT2D eigenvalue weighted by Gasteiger charge is 2.24. The number of hydrogen-bond acceptors (Lipinski definition) is 6. The Balaban J connectivity index is 1.58. The van der Waals surface area contributed by atoms with Crippen molar-refractivity contribution in [2.45, 2.75) is 32.6 Å². The van der Waals surface area contributed by atoms with Gasteiger partial charge in [0.05, 0.1) is 11.9 Å². The fraction of sp³-hybridized carbons (Fsp3) is 0.389. The van der Waals surface area contributed by atoms with Crippen molar-refractivity contribution >= 4 is 5.82 Å². The zero-order valence-corrected chi connectivity index (χ0v) is 14.5. The van der Waals surface area contributed by atoms with E-state index in [4.69, 9.17) is 4.98 Å². The third-order valence-electron chi connectivity index (χ3n) is 4.67. The Hall–Kier alpha value is -2.83. The summed E-state index contributed by atoms with van der Waals surface area (Å²) < 4.78 is 1.96. The van der Waals surface area contributed by atoms with Crippen molar-refractivity contribution in [1.29, 1.82) is 0 Å². The van der Waals surface area contributed by atoms with E-state index in [0.717, 1.165) is 54.8 Å². The second-order valence-electron chi connectivity index (χ2n) is 6.45. The van der Waals surface area contributed by atoms with Crippen molar-refractivity contribution < 1.29 is 0 Å². The summed E-state index contributed by atoms with van der Waals surface area (Å²) in [4.78, 5) is 24.5. The van der Waals surface area contributed by atoms with Gasteiger partial charge in [0.1, 0.15) is 18.0 Å². The van der Waals surface area contributed by atoms with E-state index >= 15 is 0 Å². The molecule has 0 N–H and O–H groups in total. The summed E-state index contributed by atoms with van der Waals surface area (Å²) in [5, 5.41) is 0. The molecule has 0 amide bonds. The van der Waals surface area contributed by atoms with E-state index < -0.39 is 0 Å². The molecule has 3 aromatic rings. The van der Waals surface area contributed by atoms with Gasteiger partial charge in [-0.2, -0.15) is 0 Å². The standard InChI is InChI=1S/C18H21N7/c1-13-8-17(22-12-21-13)24-6-3-4-15(11-24)16-9-19-10-18(23-16)25-7-5-20-14(25)2/h5,7-10,12,15H,3-4,6,11H2,1-2H3. The summed E-state index contributed by atoms with van der Waals surface area (Å²) in [5.41, 5.74) is 2.02. The largest absolute Gasteiger partial charge is 0.356 e. The van der Waals surface area contributed by atoms with Crippen LogP contribution in [0.4, 0.5) is 5.82 Å². The minimum atomic E-state index is 0.347. The first kappa shape index (κ1) is 15.7. The summed E-state index contributed by atoms with van der Waals surface area (Å²) >= 11 is 0. The lowest BCUT2D eigenvalue weighted by molar-refractivity contribution is 0.496. The highest BCUT2D eigenvalue weighted by atomic mass is 15.2. The summed E-state index contributed by atoms with van der Waals surface area (Å²) in [6.45, 7) is 5.88. The molecule has 4 rings (SSSR count). The average Bonchev–Trinajstić information content (AvgIpc) is 3.08. The summed E-state index contributed by atoms with van der Waals surface area (Å²) in [5.74, 6) is 3.07. The van der Waals surface area contributed by atoms with Crippen molar-refractivity contribution in [3.05, 3.63) is 54.4 Å². The number of anilines is 1. The Morgan fingerprint density at radius 1 is 1.08 bits per heavy atom. The summed E-state index contributed by atoms with van der Waals surface area (Å²) in [6, 6.07) is 2.04. The molecule has 1 atom stereocenters. The molecule has 1 saturated heterocycles. The number of piperidine rings is 1. The Labute approximate surface area is 146 Å². The van der Waals surface area contributed by atoms with Gasteiger partial charge in [0.25, 0.3) is 0 Å². The number of imidazole rings is 1. The SMILES string of the molecule is Cc1cc(N2CCCC(c3cncc(-n4ccnc4C)n3)C2)ncn1. The van der Waals surface area contributed by atoms with Crippen LogP contribution in [0.2, 0.25) is 0 Å². The van der Waals surface area contributed by atoms with Gasteiger partial charge in [-0.05, 0) is 26.7 Å². The van der Waals surface area contributed by atoms with Crippen LogP contribution in [0, 0.1) is 13.8 Å².